The van der Waals surface area contributed by atoms with Gasteiger partial charge in [-0.25, -0.2) is 4.57 Å². The number of nitrogens with zero attached hydrogens (tertiary/aromatic N) is 1. The van der Waals surface area contributed by atoms with Crippen molar-refractivity contribution in [3.8, 4) is 0 Å². The first kappa shape index (κ1) is 31.2. The van der Waals surface area contributed by atoms with E-state index < -0.39 is 0 Å². The van der Waals surface area contributed by atoms with Crippen LogP contribution < -0.4 is 4.57 Å². The maximum absolute atomic E-state index is 2.44. The van der Waals surface area contributed by atoms with Gasteiger partial charge in [-0.1, -0.05) is 149 Å². The third-order valence-electron chi connectivity index (χ3n) is 7.51. The molecule has 0 aromatic carbocycles. The third-order valence-corrected chi connectivity index (χ3v) is 7.51. The van der Waals surface area contributed by atoms with Crippen molar-refractivity contribution in [3.63, 3.8) is 0 Å². The van der Waals surface area contributed by atoms with Crippen LogP contribution in [0.15, 0.2) is 24.5 Å². The number of aryl methyl sites for hydroxylation is 2. The molecular formula is C33H62N+. The average molecular weight is 473 g/mol. The molecule has 1 nitrogen and oxygen atoms in total. The Balaban J connectivity index is 1.91. The first-order valence-corrected chi connectivity index (χ1v) is 15.8. The maximum atomic E-state index is 2.44. The zero-order valence-corrected chi connectivity index (χ0v) is 23.6. The Bertz CT molecular complexity index is 480. The molecule has 0 radical (unpaired) electrons. The molecule has 1 rings (SSSR count). The second kappa shape index (κ2) is 25.2. The number of aromatic nitrogens is 1. The van der Waals surface area contributed by atoms with Crippen LogP contribution in [0, 0.1) is 0 Å². The van der Waals surface area contributed by atoms with Gasteiger partial charge in [0.2, 0.25) is 0 Å². The van der Waals surface area contributed by atoms with Crippen LogP contribution in [0.1, 0.15) is 174 Å². The molecule has 0 saturated heterocycles. The molecule has 0 aliphatic rings. The van der Waals surface area contributed by atoms with Gasteiger partial charge in [0.05, 0.1) is 0 Å². The summed E-state index contributed by atoms with van der Waals surface area (Å²) in [6.07, 6.45) is 40.3. The van der Waals surface area contributed by atoms with E-state index in [2.05, 4.69) is 42.9 Å². The van der Waals surface area contributed by atoms with Crippen LogP contribution in [0.5, 0.6) is 0 Å². The van der Waals surface area contributed by atoms with Gasteiger partial charge in [0.15, 0.2) is 12.4 Å². The highest BCUT2D eigenvalue weighted by Gasteiger charge is 2.03. The van der Waals surface area contributed by atoms with Gasteiger partial charge in [-0.3, -0.25) is 0 Å². The van der Waals surface area contributed by atoms with Crippen LogP contribution >= 0.6 is 0 Å². The van der Waals surface area contributed by atoms with Crippen molar-refractivity contribution in [2.45, 2.75) is 181 Å². The van der Waals surface area contributed by atoms with Crippen molar-refractivity contribution in [2.75, 3.05) is 0 Å². The van der Waals surface area contributed by atoms with Gasteiger partial charge in [0.25, 0.3) is 0 Å². The van der Waals surface area contributed by atoms with Crippen molar-refractivity contribution >= 4 is 0 Å². The van der Waals surface area contributed by atoms with Gasteiger partial charge >= 0.3 is 0 Å². The molecule has 34 heavy (non-hydrogen) atoms. The smallest absolute Gasteiger partial charge is 0.171 e. The standard InChI is InChI=1S/C33H62N/c1-3-5-7-9-11-13-15-17-19-21-23-25-28-33-29-27-31-34(32-33)30-26-24-22-20-18-16-14-12-10-8-6-4-2/h27,29,31-32H,3-26,28,30H2,1-2H3/q+1. The van der Waals surface area contributed by atoms with Gasteiger partial charge in [-0.2, -0.15) is 0 Å². The summed E-state index contributed by atoms with van der Waals surface area (Å²) in [5.41, 5.74) is 1.54. The van der Waals surface area contributed by atoms with Crippen LogP contribution in [0.2, 0.25) is 0 Å². The van der Waals surface area contributed by atoms with Crippen LogP contribution in [-0.4, -0.2) is 0 Å². The predicted octanol–water partition coefficient (Wildman–Crippen LogP) is 10.9. The van der Waals surface area contributed by atoms with E-state index in [4.69, 9.17) is 0 Å². The molecule has 0 aliphatic carbocycles. The lowest BCUT2D eigenvalue weighted by molar-refractivity contribution is -0.697. The van der Waals surface area contributed by atoms with Crippen molar-refractivity contribution in [3.05, 3.63) is 30.1 Å². The van der Waals surface area contributed by atoms with Gasteiger partial charge in [0.1, 0.15) is 6.54 Å². The topological polar surface area (TPSA) is 3.88 Å². The molecule has 0 spiro atoms. The quantitative estimate of drug-likeness (QED) is 0.0932. The largest absolute Gasteiger partial charge is 0.205 e. The SMILES string of the molecule is CCCCCCCCCCCCCCc1ccc[n+](CCCCCCCCCCCCCC)c1. The van der Waals surface area contributed by atoms with E-state index in [1.807, 2.05) is 0 Å². The molecule has 1 aromatic rings. The molecule has 1 heteroatoms. The summed E-state index contributed by atoms with van der Waals surface area (Å²) in [5.74, 6) is 0. The van der Waals surface area contributed by atoms with E-state index in [0.717, 1.165) is 0 Å². The fourth-order valence-corrected chi connectivity index (χ4v) is 5.17. The highest BCUT2D eigenvalue weighted by Crippen LogP contribution is 2.14. The number of rotatable bonds is 26. The monoisotopic (exact) mass is 472 g/mol. The average Bonchev–Trinajstić information content (AvgIpc) is 2.85. The van der Waals surface area contributed by atoms with Gasteiger partial charge in [-0.05, 0) is 25.3 Å². The minimum atomic E-state index is 1.20. The van der Waals surface area contributed by atoms with E-state index in [9.17, 15) is 0 Å². The number of hydrogen-bond donors (Lipinski definition) is 0. The first-order chi connectivity index (χ1) is 16.9. The van der Waals surface area contributed by atoms with Gasteiger partial charge < -0.3 is 0 Å². The fourth-order valence-electron chi connectivity index (χ4n) is 5.17. The van der Waals surface area contributed by atoms with E-state index in [1.165, 1.54) is 173 Å². The van der Waals surface area contributed by atoms with E-state index in [1.54, 1.807) is 0 Å². The molecule has 0 unspecified atom stereocenters. The summed E-state index contributed by atoms with van der Waals surface area (Å²) in [7, 11) is 0. The number of hydrogen-bond acceptors (Lipinski definition) is 0. The molecule has 0 fully saturated rings. The minimum absolute atomic E-state index is 1.20. The summed E-state index contributed by atoms with van der Waals surface area (Å²) < 4.78 is 2.44. The lowest BCUT2D eigenvalue weighted by atomic mass is 10.0. The van der Waals surface area contributed by atoms with Crippen LogP contribution in [0.4, 0.5) is 0 Å². The second-order valence-corrected chi connectivity index (χ2v) is 11.0. The highest BCUT2D eigenvalue weighted by molar-refractivity contribution is 5.05. The molecule has 0 aliphatic heterocycles. The second-order valence-electron chi connectivity index (χ2n) is 11.0. The van der Waals surface area contributed by atoms with E-state index >= 15 is 0 Å². The zero-order chi connectivity index (χ0) is 24.4. The maximum Gasteiger partial charge on any atom is 0.171 e. The van der Waals surface area contributed by atoms with Crippen molar-refractivity contribution in [1.29, 1.82) is 0 Å². The first-order valence-electron chi connectivity index (χ1n) is 15.8. The lowest BCUT2D eigenvalue weighted by Gasteiger charge is -2.04. The summed E-state index contributed by atoms with van der Waals surface area (Å²) in [5, 5.41) is 0. The predicted molar refractivity (Wildman–Crippen MR) is 152 cm³/mol. The van der Waals surface area contributed by atoms with Crippen molar-refractivity contribution in [1.82, 2.24) is 0 Å². The summed E-state index contributed by atoms with van der Waals surface area (Å²) in [6.45, 7) is 5.80. The summed E-state index contributed by atoms with van der Waals surface area (Å²) in [6, 6.07) is 4.59. The van der Waals surface area contributed by atoms with Gasteiger partial charge in [0, 0.05) is 18.1 Å². The fraction of sp³-hybridized carbons (Fsp3) is 0.848. The van der Waals surface area contributed by atoms with Crippen LogP contribution in [0.25, 0.3) is 0 Å². The summed E-state index contributed by atoms with van der Waals surface area (Å²) >= 11 is 0. The third kappa shape index (κ3) is 20.5. The molecular weight excluding hydrogens is 410 g/mol. The number of pyridine rings is 1. The highest BCUT2D eigenvalue weighted by atomic mass is 14.9. The normalized spacial score (nSPS) is 11.4. The number of unbranched alkanes of at least 4 members (excludes halogenated alkanes) is 22. The Labute approximate surface area is 215 Å². The van der Waals surface area contributed by atoms with Crippen LogP contribution in [0.3, 0.4) is 0 Å². The Kier molecular flexibility index (Phi) is 23.2. The summed E-state index contributed by atoms with van der Waals surface area (Å²) in [4.78, 5) is 0. The molecule has 0 amide bonds. The van der Waals surface area contributed by atoms with Crippen molar-refractivity contribution < 1.29 is 4.57 Å². The van der Waals surface area contributed by atoms with E-state index in [-0.39, 0.29) is 0 Å². The Hall–Kier alpha value is -0.850. The van der Waals surface area contributed by atoms with E-state index in [0.29, 0.717) is 0 Å². The zero-order valence-electron chi connectivity index (χ0n) is 23.6. The van der Waals surface area contributed by atoms with Gasteiger partial charge in [-0.15, -0.1) is 0 Å². The van der Waals surface area contributed by atoms with Crippen LogP contribution in [-0.2, 0) is 13.0 Å². The Morgan fingerprint density at radius 1 is 0.471 bits per heavy atom. The Morgan fingerprint density at radius 3 is 1.29 bits per heavy atom. The lowest BCUT2D eigenvalue weighted by Crippen LogP contribution is -2.33. The van der Waals surface area contributed by atoms with Crippen molar-refractivity contribution in [2.24, 2.45) is 0 Å². The molecule has 0 N–H and O–H groups in total. The molecule has 1 aromatic heterocycles. The molecule has 0 saturated carbocycles. The molecule has 198 valence electrons. The molecule has 0 bridgehead atoms. The Morgan fingerprint density at radius 2 is 0.853 bits per heavy atom. The minimum Gasteiger partial charge on any atom is -0.205 e. The molecule has 0 atom stereocenters. The molecule has 1 heterocycles.